The molecule has 36 heavy (non-hydrogen) atoms. The second kappa shape index (κ2) is 12.6. The van der Waals surface area contributed by atoms with Gasteiger partial charge >= 0.3 is 18.1 Å². The van der Waals surface area contributed by atoms with Gasteiger partial charge in [-0.15, -0.1) is 0 Å². The van der Waals surface area contributed by atoms with Crippen LogP contribution in [0.2, 0.25) is 0 Å². The Hall–Kier alpha value is -2.53. The monoisotopic (exact) mass is 531 g/mol. The molecule has 7 atom stereocenters. The summed E-state index contributed by atoms with van der Waals surface area (Å²) in [5.74, 6) is -5.11. The zero-order valence-corrected chi connectivity index (χ0v) is 20.6. The van der Waals surface area contributed by atoms with Gasteiger partial charge in [0.15, 0.2) is 12.1 Å². The number of rotatable bonds is 8. The van der Waals surface area contributed by atoms with Gasteiger partial charge in [-0.1, -0.05) is 0 Å². The number of esters is 1. The van der Waals surface area contributed by atoms with Crippen molar-refractivity contribution in [3.8, 4) is 0 Å². The Morgan fingerprint density at radius 1 is 1.11 bits per heavy atom. The zero-order chi connectivity index (χ0) is 28.0. The number of amides is 2. The highest BCUT2D eigenvalue weighted by Gasteiger charge is 2.57. The molecule has 0 aromatic heterocycles. The first kappa shape index (κ1) is 31.5. The fourth-order valence-electron chi connectivity index (χ4n) is 3.40. The predicted octanol–water partition coefficient (Wildman–Crippen LogP) is -0.589. The van der Waals surface area contributed by atoms with Crippen LogP contribution in [0.1, 0.15) is 34.1 Å². The minimum absolute atomic E-state index is 0.173. The lowest BCUT2D eigenvalue weighted by Gasteiger charge is -2.31. The van der Waals surface area contributed by atoms with Gasteiger partial charge in [0.05, 0.1) is 19.2 Å². The van der Waals surface area contributed by atoms with Gasteiger partial charge in [0.25, 0.3) is 0 Å². The first-order valence-electron chi connectivity index (χ1n) is 10.7. The maximum atomic E-state index is 12.5. The molecule has 2 aliphatic heterocycles. The fraction of sp³-hybridized carbons (Fsp3) is 0.800. The van der Waals surface area contributed by atoms with Crippen molar-refractivity contribution in [1.29, 1.82) is 0 Å². The SMILES string of the molecule is COC(=O)[C@H](C)NC(=O)C[C@@H](NC(=O)[C@H](C)N)[C@H]1O[C@@H]2OC(C)(C)O[C@@H]2[C@@H]1OC.O=C(O)C(F)(F)F. The normalized spacial score (nSPS) is 26.9. The molecule has 2 saturated heterocycles. The number of nitrogens with one attached hydrogen (secondary N) is 2. The van der Waals surface area contributed by atoms with E-state index in [9.17, 15) is 27.6 Å². The van der Waals surface area contributed by atoms with Gasteiger partial charge in [0.2, 0.25) is 11.8 Å². The zero-order valence-electron chi connectivity index (χ0n) is 20.6. The van der Waals surface area contributed by atoms with Gasteiger partial charge in [0.1, 0.15) is 24.4 Å². The number of carboxylic acid groups (broad SMARTS) is 1. The van der Waals surface area contributed by atoms with E-state index in [1.165, 1.54) is 28.1 Å². The second-order valence-electron chi connectivity index (χ2n) is 8.49. The van der Waals surface area contributed by atoms with Crippen LogP contribution in [-0.4, -0.2) is 97.8 Å². The molecule has 0 bridgehead atoms. The van der Waals surface area contributed by atoms with Gasteiger partial charge in [-0.25, -0.2) is 9.59 Å². The van der Waals surface area contributed by atoms with Crippen molar-refractivity contribution in [2.45, 2.75) is 88.8 Å². The highest BCUT2D eigenvalue weighted by atomic mass is 19.4. The number of carbonyl (C=O) groups excluding carboxylic acids is 3. The Morgan fingerprint density at radius 3 is 2.11 bits per heavy atom. The lowest BCUT2D eigenvalue weighted by Crippen LogP contribution is -2.55. The Bertz CT molecular complexity index is 808. The molecule has 0 spiro atoms. The molecule has 0 aromatic rings. The number of hydrogen-bond donors (Lipinski definition) is 4. The van der Waals surface area contributed by atoms with Crippen molar-refractivity contribution in [3.63, 3.8) is 0 Å². The van der Waals surface area contributed by atoms with E-state index in [0.717, 1.165) is 0 Å². The Morgan fingerprint density at radius 2 is 1.67 bits per heavy atom. The van der Waals surface area contributed by atoms with Crippen LogP contribution in [0.25, 0.3) is 0 Å². The number of aliphatic carboxylic acids is 1. The molecule has 2 fully saturated rings. The molecule has 2 amide bonds. The van der Waals surface area contributed by atoms with Crippen molar-refractivity contribution in [2.75, 3.05) is 14.2 Å². The number of alkyl halides is 3. The van der Waals surface area contributed by atoms with Crippen LogP contribution in [0, 0.1) is 0 Å². The summed E-state index contributed by atoms with van der Waals surface area (Å²) in [5, 5.41) is 12.4. The second-order valence-corrected chi connectivity index (χ2v) is 8.49. The lowest BCUT2D eigenvalue weighted by atomic mass is 9.99. The average molecular weight is 531 g/mol. The molecule has 2 heterocycles. The third kappa shape index (κ3) is 8.85. The van der Waals surface area contributed by atoms with E-state index in [0.29, 0.717) is 0 Å². The number of halogens is 3. The first-order chi connectivity index (χ1) is 16.4. The molecular formula is C20H32F3N3O10. The standard InChI is InChI=1S/C18H31N3O8.C2HF3O2/c1-8(19)15(23)21-10(7-11(22)20-9(2)16(24)26-6)12-13(25-5)14-17(27-12)29-18(3,4)28-14;3-2(4,5)1(6)7/h8-10,12-14,17H,7,19H2,1-6H3,(H,20,22)(H,21,23);(H,6,7)/t8-,9-,10+,12+,13+,14+,17+;/m0./s1. The Labute approximate surface area is 205 Å². The molecule has 208 valence electrons. The fourth-order valence-corrected chi connectivity index (χ4v) is 3.40. The highest BCUT2D eigenvalue weighted by molar-refractivity contribution is 5.85. The Balaban J connectivity index is 0.000000809. The molecule has 2 rings (SSSR count). The summed E-state index contributed by atoms with van der Waals surface area (Å²) in [5.41, 5.74) is 5.65. The number of nitrogens with two attached hydrogens (primary N) is 1. The number of carbonyl (C=O) groups is 4. The number of hydrogen-bond acceptors (Lipinski definition) is 10. The van der Waals surface area contributed by atoms with Crippen LogP contribution in [0.5, 0.6) is 0 Å². The summed E-state index contributed by atoms with van der Waals surface area (Å²) < 4.78 is 59.4. The summed E-state index contributed by atoms with van der Waals surface area (Å²) in [6.07, 6.45) is -7.80. The molecule has 5 N–H and O–H groups in total. The maximum absolute atomic E-state index is 12.5. The van der Waals surface area contributed by atoms with Crippen LogP contribution < -0.4 is 16.4 Å². The lowest BCUT2D eigenvalue weighted by molar-refractivity contribution is -0.220. The van der Waals surface area contributed by atoms with E-state index in [1.807, 2.05) is 0 Å². The molecule has 0 unspecified atom stereocenters. The molecular weight excluding hydrogens is 499 g/mol. The molecule has 2 aliphatic rings. The summed E-state index contributed by atoms with van der Waals surface area (Å²) in [4.78, 5) is 45.1. The number of fused-ring (bicyclic) bond motifs is 1. The predicted molar refractivity (Wildman–Crippen MR) is 113 cm³/mol. The molecule has 16 heteroatoms. The van der Waals surface area contributed by atoms with Crippen molar-refractivity contribution in [3.05, 3.63) is 0 Å². The average Bonchev–Trinajstić information content (AvgIpc) is 3.23. The number of methoxy groups -OCH3 is 2. The van der Waals surface area contributed by atoms with Crippen molar-refractivity contribution >= 4 is 23.8 Å². The Kier molecular flexibility index (Phi) is 11.0. The van der Waals surface area contributed by atoms with Gasteiger partial charge in [-0.3, -0.25) is 9.59 Å². The maximum Gasteiger partial charge on any atom is 0.490 e. The summed E-state index contributed by atoms with van der Waals surface area (Å²) in [7, 11) is 2.72. The quantitative estimate of drug-likeness (QED) is 0.294. The van der Waals surface area contributed by atoms with E-state index in [-0.39, 0.29) is 6.42 Å². The third-order valence-corrected chi connectivity index (χ3v) is 5.02. The molecule has 0 aromatic carbocycles. The number of carboxylic acids is 1. The van der Waals surface area contributed by atoms with Crippen molar-refractivity contribution in [2.24, 2.45) is 5.73 Å². The minimum atomic E-state index is -5.08. The van der Waals surface area contributed by atoms with E-state index in [1.54, 1.807) is 13.8 Å². The van der Waals surface area contributed by atoms with Gasteiger partial charge in [0, 0.05) is 13.5 Å². The minimum Gasteiger partial charge on any atom is -0.475 e. The van der Waals surface area contributed by atoms with Crippen LogP contribution in [-0.2, 0) is 42.9 Å². The van der Waals surface area contributed by atoms with E-state index in [4.69, 9.17) is 34.6 Å². The molecule has 0 aliphatic carbocycles. The molecule has 13 nitrogen and oxygen atoms in total. The van der Waals surface area contributed by atoms with Crippen LogP contribution in [0.3, 0.4) is 0 Å². The van der Waals surface area contributed by atoms with Crippen LogP contribution in [0.4, 0.5) is 13.2 Å². The van der Waals surface area contributed by atoms with E-state index in [2.05, 4.69) is 15.4 Å². The van der Waals surface area contributed by atoms with Crippen LogP contribution >= 0.6 is 0 Å². The van der Waals surface area contributed by atoms with Gasteiger partial charge in [-0.05, 0) is 27.7 Å². The molecule has 0 radical (unpaired) electrons. The summed E-state index contributed by atoms with van der Waals surface area (Å²) >= 11 is 0. The summed E-state index contributed by atoms with van der Waals surface area (Å²) in [6, 6.07) is -2.42. The molecule has 0 saturated carbocycles. The summed E-state index contributed by atoms with van der Waals surface area (Å²) in [6.45, 7) is 6.54. The largest absolute Gasteiger partial charge is 0.490 e. The van der Waals surface area contributed by atoms with E-state index < -0.39 is 78.4 Å². The van der Waals surface area contributed by atoms with Crippen molar-refractivity contribution < 1.29 is 61.1 Å². The number of ether oxygens (including phenoxy) is 5. The topological polar surface area (TPSA) is 185 Å². The van der Waals surface area contributed by atoms with Crippen molar-refractivity contribution in [1.82, 2.24) is 10.6 Å². The van der Waals surface area contributed by atoms with Crippen LogP contribution in [0.15, 0.2) is 0 Å². The van der Waals surface area contributed by atoms with Gasteiger partial charge in [-0.2, -0.15) is 13.2 Å². The first-order valence-corrected chi connectivity index (χ1v) is 10.7. The van der Waals surface area contributed by atoms with E-state index >= 15 is 0 Å². The highest BCUT2D eigenvalue weighted by Crippen LogP contribution is 2.39. The van der Waals surface area contributed by atoms with Gasteiger partial charge < -0.3 is 45.2 Å². The smallest absolute Gasteiger partial charge is 0.475 e. The third-order valence-electron chi connectivity index (χ3n) is 5.02.